The van der Waals surface area contributed by atoms with Gasteiger partial charge in [0.25, 0.3) is 5.56 Å². The minimum Gasteiger partial charge on any atom is -0.497 e. The number of aromatic nitrogens is 3. The zero-order chi connectivity index (χ0) is 22.9. The Balaban J connectivity index is 1.70. The van der Waals surface area contributed by atoms with Gasteiger partial charge in [0.15, 0.2) is 14.8 Å². The van der Waals surface area contributed by atoms with Crippen molar-refractivity contribution in [1.82, 2.24) is 14.1 Å². The number of rotatable bonds is 6. The predicted molar refractivity (Wildman–Crippen MR) is 132 cm³/mol. The normalized spacial score (nSPS) is 15.9. The van der Waals surface area contributed by atoms with Crippen molar-refractivity contribution in [3.05, 3.63) is 68.7 Å². The molecule has 33 heavy (non-hydrogen) atoms. The van der Waals surface area contributed by atoms with Gasteiger partial charge in [0.2, 0.25) is 0 Å². The number of nitrogens with zero attached hydrogens (tertiary/aromatic N) is 3. The van der Waals surface area contributed by atoms with Crippen molar-refractivity contribution in [3.8, 4) is 17.1 Å². The second-order valence-electron chi connectivity index (χ2n) is 7.51. The lowest BCUT2D eigenvalue weighted by molar-refractivity contribution is 0.129. The maximum absolute atomic E-state index is 13.7. The zero-order valence-corrected chi connectivity index (χ0v) is 20.1. The molecule has 1 saturated heterocycles. The highest BCUT2D eigenvalue weighted by molar-refractivity contribution is 7.99. The number of methoxy groups -OCH3 is 1. The molecule has 0 saturated carbocycles. The van der Waals surface area contributed by atoms with E-state index in [4.69, 9.17) is 26.7 Å². The van der Waals surface area contributed by atoms with Crippen LogP contribution < -0.4 is 10.3 Å². The number of benzene rings is 2. The lowest BCUT2D eigenvalue weighted by Gasteiger charge is -2.14. The first-order chi connectivity index (χ1) is 16.0. The molecular formula is C23H20FN3O3S3. The van der Waals surface area contributed by atoms with E-state index in [1.54, 1.807) is 23.8 Å². The summed E-state index contributed by atoms with van der Waals surface area (Å²) in [4.78, 5) is 18.6. The van der Waals surface area contributed by atoms with Crippen LogP contribution in [0.3, 0.4) is 0 Å². The van der Waals surface area contributed by atoms with Crippen LogP contribution in [0, 0.1) is 9.77 Å². The molecule has 1 aliphatic heterocycles. The van der Waals surface area contributed by atoms with Gasteiger partial charge in [-0.3, -0.25) is 13.9 Å². The average Bonchev–Trinajstić information content (AvgIpc) is 3.46. The summed E-state index contributed by atoms with van der Waals surface area (Å²) in [7, 11) is 1.60. The molecule has 170 valence electrons. The number of halogens is 1. The van der Waals surface area contributed by atoms with Crippen LogP contribution in [0.1, 0.15) is 12.8 Å². The fourth-order valence-corrected chi connectivity index (χ4v) is 6.14. The highest BCUT2D eigenvalue weighted by Crippen LogP contribution is 2.30. The standard InChI is InChI=1S/C23H20FN3O3S3/c1-29-17-5-2-4-16(12-17)26-20-19(33-23(26)31)21(28)27(15-9-7-14(24)8-10-15)22(25-20)32-13-18-6-3-11-30-18/h2,4-5,7-10,12,18H,3,6,11,13H2,1H3/t18-/m1/s1. The van der Waals surface area contributed by atoms with Gasteiger partial charge in [0.1, 0.15) is 16.3 Å². The molecule has 0 amide bonds. The molecule has 10 heteroatoms. The van der Waals surface area contributed by atoms with Gasteiger partial charge in [0, 0.05) is 18.4 Å². The van der Waals surface area contributed by atoms with Crippen LogP contribution in [-0.4, -0.2) is 39.7 Å². The molecule has 1 atom stereocenters. The van der Waals surface area contributed by atoms with Gasteiger partial charge in [-0.1, -0.05) is 29.2 Å². The van der Waals surface area contributed by atoms with Gasteiger partial charge in [-0.05, 0) is 61.5 Å². The molecule has 3 heterocycles. The average molecular weight is 502 g/mol. The second kappa shape index (κ2) is 9.38. The van der Waals surface area contributed by atoms with Gasteiger partial charge in [-0.2, -0.15) is 0 Å². The summed E-state index contributed by atoms with van der Waals surface area (Å²) < 4.78 is 29.0. The van der Waals surface area contributed by atoms with Crippen LogP contribution in [-0.2, 0) is 4.74 Å². The van der Waals surface area contributed by atoms with Crippen molar-refractivity contribution in [2.24, 2.45) is 0 Å². The molecular weight excluding hydrogens is 481 g/mol. The number of hydrogen-bond donors (Lipinski definition) is 0. The molecule has 0 radical (unpaired) electrons. The Hall–Kier alpha value is -2.53. The van der Waals surface area contributed by atoms with Crippen LogP contribution in [0.15, 0.2) is 58.5 Å². The van der Waals surface area contributed by atoms with E-state index in [0.29, 0.717) is 36.6 Å². The summed E-state index contributed by atoms with van der Waals surface area (Å²) in [5.41, 5.74) is 1.58. The van der Waals surface area contributed by atoms with Crippen LogP contribution in [0.4, 0.5) is 4.39 Å². The molecule has 1 fully saturated rings. The maximum atomic E-state index is 13.7. The summed E-state index contributed by atoms with van der Waals surface area (Å²) in [6, 6.07) is 13.3. The Morgan fingerprint density at radius 1 is 1.24 bits per heavy atom. The SMILES string of the molecule is COc1cccc(-n2c(=S)sc3c(=O)n(-c4ccc(F)cc4)c(SC[C@H]4CCCO4)nc32)c1. The van der Waals surface area contributed by atoms with Crippen molar-refractivity contribution in [3.63, 3.8) is 0 Å². The van der Waals surface area contributed by atoms with E-state index in [-0.39, 0.29) is 17.5 Å². The third kappa shape index (κ3) is 4.35. The van der Waals surface area contributed by atoms with E-state index in [0.717, 1.165) is 25.1 Å². The predicted octanol–water partition coefficient (Wildman–Crippen LogP) is 5.39. The highest BCUT2D eigenvalue weighted by Gasteiger charge is 2.22. The lowest BCUT2D eigenvalue weighted by atomic mass is 10.3. The van der Waals surface area contributed by atoms with Gasteiger partial charge < -0.3 is 9.47 Å². The monoisotopic (exact) mass is 501 g/mol. The van der Waals surface area contributed by atoms with Crippen molar-refractivity contribution in [2.45, 2.75) is 24.1 Å². The maximum Gasteiger partial charge on any atom is 0.278 e. The van der Waals surface area contributed by atoms with Crippen LogP contribution in [0.5, 0.6) is 5.75 Å². The summed E-state index contributed by atoms with van der Waals surface area (Å²) >= 11 is 8.29. The summed E-state index contributed by atoms with van der Waals surface area (Å²) in [6.07, 6.45) is 2.13. The molecule has 5 rings (SSSR count). The lowest BCUT2D eigenvalue weighted by Crippen LogP contribution is -2.22. The highest BCUT2D eigenvalue weighted by atomic mass is 32.2. The number of thiazole rings is 1. The van der Waals surface area contributed by atoms with E-state index in [1.807, 2.05) is 24.3 Å². The molecule has 0 bridgehead atoms. The Bertz CT molecular complexity index is 1420. The summed E-state index contributed by atoms with van der Waals surface area (Å²) in [6.45, 7) is 0.752. The first-order valence-corrected chi connectivity index (χ1v) is 12.6. The van der Waals surface area contributed by atoms with Crippen molar-refractivity contribution in [1.29, 1.82) is 0 Å². The van der Waals surface area contributed by atoms with Gasteiger partial charge >= 0.3 is 0 Å². The van der Waals surface area contributed by atoms with Crippen molar-refractivity contribution < 1.29 is 13.9 Å². The molecule has 2 aromatic carbocycles. The Morgan fingerprint density at radius 2 is 2.06 bits per heavy atom. The molecule has 0 spiro atoms. The summed E-state index contributed by atoms with van der Waals surface area (Å²) in [5.74, 6) is 0.985. The Morgan fingerprint density at radius 3 is 2.79 bits per heavy atom. The fourth-order valence-electron chi connectivity index (χ4n) is 3.77. The quantitative estimate of drug-likeness (QED) is 0.201. The van der Waals surface area contributed by atoms with Crippen LogP contribution in [0.25, 0.3) is 21.7 Å². The van der Waals surface area contributed by atoms with Crippen LogP contribution in [0.2, 0.25) is 0 Å². The molecule has 1 aliphatic rings. The van der Waals surface area contributed by atoms with E-state index >= 15 is 0 Å². The molecule has 0 unspecified atom stereocenters. The van der Waals surface area contributed by atoms with Gasteiger partial charge in [0.05, 0.1) is 24.6 Å². The minimum atomic E-state index is -0.366. The second-order valence-corrected chi connectivity index (χ2v) is 10.1. The van der Waals surface area contributed by atoms with Gasteiger partial charge in [-0.25, -0.2) is 9.37 Å². The number of thioether (sulfide) groups is 1. The fraction of sp³-hybridized carbons (Fsp3) is 0.261. The van der Waals surface area contributed by atoms with E-state index in [2.05, 4.69) is 0 Å². The Labute approximate surface area is 202 Å². The topological polar surface area (TPSA) is 58.3 Å². The minimum absolute atomic E-state index is 0.117. The molecule has 0 N–H and O–H groups in total. The smallest absolute Gasteiger partial charge is 0.278 e. The van der Waals surface area contributed by atoms with E-state index < -0.39 is 0 Å². The number of fused-ring (bicyclic) bond motifs is 1. The van der Waals surface area contributed by atoms with Crippen molar-refractivity contribution in [2.75, 3.05) is 19.5 Å². The third-order valence-corrected chi connectivity index (χ3v) is 7.82. The van der Waals surface area contributed by atoms with Crippen LogP contribution >= 0.6 is 35.3 Å². The molecule has 6 nitrogen and oxygen atoms in total. The van der Waals surface area contributed by atoms with E-state index in [9.17, 15) is 9.18 Å². The molecule has 4 aromatic rings. The van der Waals surface area contributed by atoms with E-state index in [1.165, 1.54) is 39.8 Å². The molecule has 2 aromatic heterocycles. The Kier molecular flexibility index (Phi) is 6.33. The largest absolute Gasteiger partial charge is 0.497 e. The zero-order valence-electron chi connectivity index (χ0n) is 17.7. The third-order valence-electron chi connectivity index (χ3n) is 5.40. The summed E-state index contributed by atoms with van der Waals surface area (Å²) in [5, 5.41) is 0.513. The first-order valence-electron chi connectivity index (χ1n) is 10.4. The number of ether oxygens (including phenoxy) is 2. The first kappa shape index (κ1) is 22.3. The van der Waals surface area contributed by atoms with Crippen molar-refractivity contribution >= 4 is 45.7 Å². The van der Waals surface area contributed by atoms with Gasteiger partial charge in [-0.15, -0.1) is 0 Å². The molecule has 0 aliphatic carbocycles. The number of hydrogen-bond acceptors (Lipinski definition) is 7.